The van der Waals surface area contributed by atoms with E-state index in [1.807, 2.05) is 0 Å². The van der Waals surface area contributed by atoms with Gasteiger partial charge in [0.05, 0.1) is 0 Å². The van der Waals surface area contributed by atoms with E-state index in [1.165, 1.54) is 6.08 Å². The Morgan fingerprint density at radius 2 is 1.84 bits per heavy atom. The van der Waals surface area contributed by atoms with Crippen molar-refractivity contribution in [2.45, 2.75) is 26.7 Å². The van der Waals surface area contributed by atoms with E-state index < -0.39 is 5.97 Å². The second kappa shape index (κ2) is 6.92. The first kappa shape index (κ1) is 15.2. The number of ether oxygens (including phenoxy) is 1. The van der Waals surface area contributed by atoms with Crippen molar-refractivity contribution in [3.8, 4) is 0 Å². The molecular formula is C13H20N2O4. The smallest absolute Gasteiger partial charge is 0.331 e. The number of nitrogens with zero attached hydrogens (tertiary/aromatic N) is 1. The Hall–Kier alpha value is -1.85. The molecule has 2 N–H and O–H groups in total. The third kappa shape index (κ3) is 5.11. The van der Waals surface area contributed by atoms with Gasteiger partial charge >= 0.3 is 5.97 Å². The molecule has 0 spiro atoms. The third-order valence-electron chi connectivity index (χ3n) is 2.99. The lowest BCUT2D eigenvalue weighted by atomic mass is 9.96. The van der Waals surface area contributed by atoms with Crippen LogP contribution in [0.4, 0.5) is 0 Å². The molecule has 0 unspecified atom stereocenters. The molecule has 0 aromatic heterocycles. The molecule has 0 saturated carbocycles. The number of rotatable bonds is 4. The predicted molar refractivity (Wildman–Crippen MR) is 68.9 cm³/mol. The summed E-state index contributed by atoms with van der Waals surface area (Å²) in [5.41, 5.74) is 6.03. The number of amides is 2. The number of likely N-dealkylation sites (tertiary alicyclic amines) is 1. The van der Waals surface area contributed by atoms with Crippen LogP contribution in [0.2, 0.25) is 0 Å². The van der Waals surface area contributed by atoms with Crippen molar-refractivity contribution in [3.63, 3.8) is 0 Å². The minimum Gasteiger partial charge on any atom is -0.452 e. The predicted octanol–water partition coefficient (Wildman–Crippen LogP) is 0.220. The van der Waals surface area contributed by atoms with Gasteiger partial charge in [0.15, 0.2) is 6.61 Å². The first-order valence-corrected chi connectivity index (χ1v) is 6.29. The molecule has 6 heteroatoms. The van der Waals surface area contributed by atoms with Gasteiger partial charge < -0.3 is 15.4 Å². The molecule has 1 aliphatic heterocycles. The Kier molecular flexibility index (Phi) is 5.54. The fraction of sp³-hybridized carbons (Fsp3) is 0.615. The maximum atomic E-state index is 11.8. The Morgan fingerprint density at radius 1 is 1.26 bits per heavy atom. The number of hydrogen-bond acceptors (Lipinski definition) is 4. The number of primary amides is 1. The molecule has 0 radical (unpaired) electrons. The van der Waals surface area contributed by atoms with E-state index in [4.69, 9.17) is 10.5 Å². The van der Waals surface area contributed by atoms with Crippen molar-refractivity contribution < 1.29 is 19.1 Å². The number of hydrogen-bond donors (Lipinski definition) is 1. The molecule has 0 aliphatic carbocycles. The highest BCUT2D eigenvalue weighted by molar-refractivity contribution is 5.86. The summed E-state index contributed by atoms with van der Waals surface area (Å²) < 4.78 is 4.84. The van der Waals surface area contributed by atoms with Gasteiger partial charge in [-0.15, -0.1) is 0 Å². The van der Waals surface area contributed by atoms with Crippen LogP contribution in [0, 0.1) is 5.92 Å². The summed E-state index contributed by atoms with van der Waals surface area (Å²) in [7, 11) is 0. The van der Waals surface area contributed by atoms with Crippen molar-refractivity contribution in [1.82, 2.24) is 4.90 Å². The zero-order valence-corrected chi connectivity index (χ0v) is 11.3. The van der Waals surface area contributed by atoms with Crippen LogP contribution in [-0.2, 0) is 19.1 Å². The van der Waals surface area contributed by atoms with Crippen LogP contribution in [0.5, 0.6) is 0 Å². The van der Waals surface area contributed by atoms with Crippen LogP contribution in [-0.4, -0.2) is 42.4 Å². The first-order valence-electron chi connectivity index (χ1n) is 6.29. The van der Waals surface area contributed by atoms with E-state index in [1.54, 1.807) is 18.7 Å². The maximum absolute atomic E-state index is 11.8. The van der Waals surface area contributed by atoms with Gasteiger partial charge in [-0.3, -0.25) is 9.59 Å². The monoisotopic (exact) mass is 268 g/mol. The molecule has 0 aromatic rings. The standard InChI is InChI=1S/C13H20N2O4/c1-9(2)7-12(17)19-8-11(16)15-5-3-10(4-6-15)13(14)18/h7,10H,3-6,8H2,1-2H3,(H2,14,18). The second-order valence-corrected chi connectivity index (χ2v) is 4.89. The molecule has 19 heavy (non-hydrogen) atoms. The van der Waals surface area contributed by atoms with Crippen LogP contribution in [0.3, 0.4) is 0 Å². The Labute approximate surface area is 112 Å². The van der Waals surface area contributed by atoms with Gasteiger partial charge in [-0.2, -0.15) is 0 Å². The average Bonchev–Trinajstić information content (AvgIpc) is 2.35. The van der Waals surface area contributed by atoms with Gasteiger partial charge in [-0.1, -0.05) is 5.57 Å². The quantitative estimate of drug-likeness (QED) is 0.583. The van der Waals surface area contributed by atoms with E-state index in [-0.39, 0.29) is 24.3 Å². The van der Waals surface area contributed by atoms with Crippen molar-refractivity contribution >= 4 is 17.8 Å². The lowest BCUT2D eigenvalue weighted by molar-refractivity contribution is -0.149. The average molecular weight is 268 g/mol. The van der Waals surface area contributed by atoms with Crippen LogP contribution < -0.4 is 5.73 Å². The van der Waals surface area contributed by atoms with E-state index in [9.17, 15) is 14.4 Å². The molecule has 1 rings (SSSR count). The highest BCUT2D eigenvalue weighted by Gasteiger charge is 2.26. The van der Waals surface area contributed by atoms with Gasteiger partial charge in [0.2, 0.25) is 5.91 Å². The van der Waals surface area contributed by atoms with Crippen molar-refractivity contribution in [2.75, 3.05) is 19.7 Å². The summed E-state index contributed by atoms with van der Waals surface area (Å²) >= 11 is 0. The fourth-order valence-electron chi connectivity index (χ4n) is 1.91. The van der Waals surface area contributed by atoms with Gasteiger partial charge in [0, 0.05) is 25.1 Å². The number of esters is 1. The summed E-state index contributed by atoms with van der Waals surface area (Å²) in [5, 5.41) is 0. The zero-order chi connectivity index (χ0) is 14.4. The van der Waals surface area contributed by atoms with Crippen LogP contribution in [0.25, 0.3) is 0 Å². The third-order valence-corrected chi connectivity index (χ3v) is 2.99. The zero-order valence-electron chi connectivity index (χ0n) is 11.3. The lowest BCUT2D eigenvalue weighted by Gasteiger charge is -2.30. The van der Waals surface area contributed by atoms with Crippen molar-refractivity contribution in [1.29, 1.82) is 0 Å². The molecule has 2 amide bonds. The lowest BCUT2D eigenvalue weighted by Crippen LogP contribution is -2.43. The topological polar surface area (TPSA) is 89.7 Å². The van der Waals surface area contributed by atoms with Gasteiger partial charge in [-0.05, 0) is 26.7 Å². The highest BCUT2D eigenvalue weighted by atomic mass is 16.5. The van der Waals surface area contributed by atoms with E-state index in [0.29, 0.717) is 25.9 Å². The van der Waals surface area contributed by atoms with E-state index in [0.717, 1.165) is 5.57 Å². The highest BCUT2D eigenvalue weighted by Crippen LogP contribution is 2.16. The minimum atomic E-state index is -0.514. The second-order valence-electron chi connectivity index (χ2n) is 4.89. The Bertz CT molecular complexity index is 391. The molecule has 1 fully saturated rings. The van der Waals surface area contributed by atoms with Crippen molar-refractivity contribution in [3.05, 3.63) is 11.6 Å². The molecule has 6 nitrogen and oxygen atoms in total. The molecule has 0 aromatic carbocycles. The number of piperidine rings is 1. The van der Waals surface area contributed by atoms with Crippen LogP contribution in [0.15, 0.2) is 11.6 Å². The summed E-state index contributed by atoms with van der Waals surface area (Å²) in [6, 6.07) is 0. The Balaban J connectivity index is 2.34. The number of nitrogens with two attached hydrogens (primary N) is 1. The number of carbonyl (C=O) groups excluding carboxylic acids is 3. The number of carbonyl (C=O) groups is 3. The SMILES string of the molecule is CC(C)=CC(=O)OCC(=O)N1CCC(C(N)=O)CC1. The van der Waals surface area contributed by atoms with E-state index in [2.05, 4.69) is 0 Å². The molecule has 0 atom stereocenters. The molecule has 0 bridgehead atoms. The summed E-state index contributed by atoms with van der Waals surface area (Å²) in [4.78, 5) is 35.6. The fourth-order valence-corrected chi connectivity index (χ4v) is 1.91. The summed E-state index contributed by atoms with van der Waals surface area (Å²) in [6.45, 7) is 4.25. The van der Waals surface area contributed by atoms with Gasteiger partial charge in [0.25, 0.3) is 5.91 Å². The summed E-state index contributed by atoms with van der Waals surface area (Å²) in [6.07, 6.45) is 2.48. The first-order chi connectivity index (χ1) is 8.90. The largest absolute Gasteiger partial charge is 0.452 e. The molecule has 1 heterocycles. The van der Waals surface area contributed by atoms with Crippen LogP contribution >= 0.6 is 0 Å². The number of allylic oxidation sites excluding steroid dienone is 1. The van der Waals surface area contributed by atoms with Crippen molar-refractivity contribution in [2.24, 2.45) is 11.7 Å². The minimum absolute atomic E-state index is 0.155. The normalized spacial score (nSPS) is 15.8. The summed E-state index contributed by atoms with van der Waals surface area (Å²) in [5.74, 6) is -1.22. The molecular weight excluding hydrogens is 248 g/mol. The molecule has 1 aliphatic rings. The van der Waals surface area contributed by atoms with Gasteiger partial charge in [0.1, 0.15) is 0 Å². The Morgan fingerprint density at radius 3 is 2.32 bits per heavy atom. The molecule has 106 valence electrons. The van der Waals surface area contributed by atoms with Crippen LogP contribution in [0.1, 0.15) is 26.7 Å². The maximum Gasteiger partial charge on any atom is 0.331 e. The van der Waals surface area contributed by atoms with Gasteiger partial charge in [-0.25, -0.2) is 4.79 Å². The molecule has 1 saturated heterocycles. The van der Waals surface area contributed by atoms with E-state index >= 15 is 0 Å².